The van der Waals surface area contributed by atoms with Crippen molar-refractivity contribution in [2.75, 3.05) is 27.3 Å². The average Bonchev–Trinajstić information content (AvgIpc) is 2.80. The lowest BCUT2D eigenvalue weighted by Gasteiger charge is -2.28. The van der Waals surface area contributed by atoms with E-state index in [-0.39, 0.29) is 6.04 Å². The normalized spacial score (nSPS) is 13.8. The molecule has 0 amide bonds. The third-order valence-electron chi connectivity index (χ3n) is 3.49. The molecule has 0 aliphatic heterocycles. The highest BCUT2D eigenvalue weighted by Gasteiger charge is 2.32. The van der Waals surface area contributed by atoms with Crippen molar-refractivity contribution in [2.24, 2.45) is 0 Å². The minimum atomic E-state index is -3.50. The molecule has 0 fully saturated rings. The second-order valence-corrected chi connectivity index (χ2v) is 7.86. The Morgan fingerprint density at radius 3 is 2.67 bits per heavy atom. The first-order valence-corrected chi connectivity index (χ1v) is 9.44. The Labute approximate surface area is 132 Å². The van der Waals surface area contributed by atoms with Crippen LogP contribution in [-0.4, -0.2) is 46.1 Å². The van der Waals surface area contributed by atoms with Crippen LogP contribution in [0.2, 0.25) is 0 Å². The van der Waals surface area contributed by atoms with Gasteiger partial charge in [0.05, 0.1) is 6.61 Å². The topological polar surface area (TPSA) is 58.6 Å². The van der Waals surface area contributed by atoms with Crippen LogP contribution in [-0.2, 0) is 21.3 Å². The summed E-state index contributed by atoms with van der Waals surface area (Å²) in [4.78, 5) is 1.32. The predicted molar refractivity (Wildman–Crippen MR) is 87.3 cm³/mol. The smallest absolute Gasteiger partial charge is 0.244 e. The van der Waals surface area contributed by atoms with Crippen LogP contribution in [0.25, 0.3) is 0 Å². The number of hydrogen-bond donors (Lipinski definition) is 1. The Morgan fingerprint density at radius 2 is 2.14 bits per heavy atom. The van der Waals surface area contributed by atoms with E-state index in [1.54, 1.807) is 11.4 Å². The van der Waals surface area contributed by atoms with Crippen molar-refractivity contribution in [3.63, 3.8) is 0 Å². The van der Waals surface area contributed by atoms with E-state index in [0.29, 0.717) is 24.6 Å². The van der Waals surface area contributed by atoms with Gasteiger partial charge >= 0.3 is 0 Å². The van der Waals surface area contributed by atoms with Crippen molar-refractivity contribution in [3.05, 3.63) is 15.8 Å². The fourth-order valence-corrected chi connectivity index (χ4v) is 5.66. The van der Waals surface area contributed by atoms with Gasteiger partial charge in [-0.25, -0.2) is 8.42 Å². The molecule has 122 valence electrons. The van der Waals surface area contributed by atoms with Gasteiger partial charge in [0.15, 0.2) is 0 Å². The van der Waals surface area contributed by atoms with E-state index in [0.717, 1.165) is 16.9 Å². The summed E-state index contributed by atoms with van der Waals surface area (Å²) in [6, 6.07) is -0.0492. The maximum atomic E-state index is 13.1. The molecule has 1 N–H and O–H groups in total. The van der Waals surface area contributed by atoms with Gasteiger partial charge in [0.1, 0.15) is 4.90 Å². The van der Waals surface area contributed by atoms with E-state index in [1.165, 1.54) is 11.3 Å². The Balaban J connectivity index is 3.25. The van der Waals surface area contributed by atoms with Gasteiger partial charge in [-0.3, -0.25) is 0 Å². The number of sulfonamides is 1. The Kier molecular flexibility index (Phi) is 7.29. The van der Waals surface area contributed by atoms with E-state index in [2.05, 4.69) is 5.32 Å². The molecule has 5 nitrogen and oxygen atoms in total. The van der Waals surface area contributed by atoms with Crippen LogP contribution in [0.1, 0.15) is 30.7 Å². The fraction of sp³-hybridized carbons (Fsp3) is 0.714. The summed E-state index contributed by atoms with van der Waals surface area (Å²) in [6.45, 7) is 7.12. The summed E-state index contributed by atoms with van der Waals surface area (Å²) in [6.07, 6.45) is 0.771. The highest BCUT2D eigenvalue weighted by Crippen LogP contribution is 2.30. The van der Waals surface area contributed by atoms with Crippen LogP contribution in [0, 0.1) is 6.92 Å². The molecule has 1 unspecified atom stereocenters. The number of rotatable bonds is 9. The Hall–Kier alpha value is -0.470. The summed E-state index contributed by atoms with van der Waals surface area (Å²) in [7, 11) is -0.0919. The van der Waals surface area contributed by atoms with Gasteiger partial charge in [0.25, 0.3) is 0 Å². The van der Waals surface area contributed by atoms with Crippen molar-refractivity contribution < 1.29 is 13.2 Å². The second-order valence-electron chi connectivity index (χ2n) is 5.07. The zero-order valence-corrected chi connectivity index (χ0v) is 15.1. The van der Waals surface area contributed by atoms with Crippen molar-refractivity contribution in [2.45, 2.75) is 44.7 Å². The molecule has 0 aliphatic carbocycles. The summed E-state index contributed by atoms with van der Waals surface area (Å²) in [5.41, 5.74) is 0.816. The number of thiophene rings is 1. The second kappa shape index (κ2) is 8.24. The molecule has 0 radical (unpaired) electrons. The lowest BCUT2D eigenvalue weighted by atomic mass is 10.3. The molecular formula is C14H26N2O3S2. The fourth-order valence-electron chi connectivity index (χ4n) is 2.20. The molecule has 0 saturated heterocycles. The van der Waals surface area contributed by atoms with Gasteiger partial charge in [-0.1, -0.05) is 6.92 Å². The van der Waals surface area contributed by atoms with Crippen molar-refractivity contribution in [1.29, 1.82) is 0 Å². The van der Waals surface area contributed by atoms with Gasteiger partial charge in [-0.05, 0) is 38.3 Å². The van der Waals surface area contributed by atoms with Gasteiger partial charge in [0.2, 0.25) is 10.0 Å². The maximum absolute atomic E-state index is 13.1. The quantitative estimate of drug-likeness (QED) is 0.752. The lowest BCUT2D eigenvalue weighted by molar-refractivity contribution is 0.167. The minimum Gasteiger partial charge on any atom is -0.383 e. The number of nitrogens with zero attached hydrogens (tertiary/aromatic N) is 1. The molecule has 0 aromatic carbocycles. The molecule has 1 rings (SSSR count). The molecule has 0 bridgehead atoms. The molecule has 0 spiro atoms. The Morgan fingerprint density at radius 1 is 1.48 bits per heavy atom. The van der Waals surface area contributed by atoms with Gasteiger partial charge in [-0.15, -0.1) is 11.3 Å². The summed E-state index contributed by atoms with van der Waals surface area (Å²) in [5, 5.41) is 4.95. The van der Waals surface area contributed by atoms with Crippen LogP contribution >= 0.6 is 11.3 Å². The van der Waals surface area contributed by atoms with Crippen molar-refractivity contribution in [1.82, 2.24) is 9.62 Å². The highest BCUT2D eigenvalue weighted by molar-refractivity contribution is 7.89. The van der Waals surface area contributed by atoms with Crippen LogP contribution in [0.4, 0.5) is 0 Å². The molecule has 1 heterocycles. The number of aryl methyl sites for hydroxylation is 1. The van der Waals surface area contributed by atoms with Gasteiger partial charge in [0, 0.05) is 31.1 Å². The standard InChI is InChI=1S/C14H26N2O3S2/c1-6-12(3)16(7-8-19-5)21(17,18)14-11(2)10-20-13(14)9-15-4/h10,12,15H,6-9H2,1-5H3. The SMILES string of the molecule is CCC(C)N(CCOC)S(=O)(=O)c1c(C)csc1CNC. The molecule has 1 aromatic rings. The molecule has 1 aromatic heterocycles. The highest BCUT2D eigenvalue weighted by atomic mass is 32.2. The first-order valence-electron chi connectivity index (χ1n) is 7.12. The summed E-state index contributed by atoms with van der Waals surface area (Å²) < 4.78 is 32.8. The van der Waals surface area contributed by atoms with E-state index in [4.69, 9.17) is 4.74 Å². The molecule has 1 atom stereocenters. The number of nitrogens with one attached hydrogen (secondary N) is 1. The number of hydrogen-bond acceptors (Lipinski definition) is 5. The molecular weight excluding hydrogens is 308 g/mol. The van der Waals surface area contributed by atoms with Crippen molar-refractivity contribution in [3.8, 4) is 0 Å². The average molecular weight is 335 g/mol. The van der Waals surface area contributed by atoms with Crippen LogP contribution < -0.4 is 5.32 Å². The van der Waals surface area contributed by atoms with E-state index >= 15 is 0 Å². The van der Waals surface area contributed by atoms with Crippen LogP contribution in [0.15, 0.2) is 10.3 Å². The predicted octanol–water partition coefficient (Wildman–Crippen LogP) is 2.21. The largest absolute Gasteiger partial charge is 0.383 e. The monoisotopic (exact) mass is 334 g/mol. The third-order valence-corrected chi connectivity index (χ3v) is 6.97. The number of ether oxygens (including phenoxy) is 1. The molecule has 0 saturated carbocycles. The molecule has 7 heteroatoms. The van der Waals surface area contributed by atoms with Crippen molar-refractivity contribution >= 4 is 21.4 Å². The van der Waals surface area contributed by atoms with Crippen LogP contribution in [0.3, 0.4) is 0 Å². The molecule has 0 aliphatic rings. The zero-order chi connectivity index (χ0) is 16.0. The van der Waals surface area contributed by atoms with Gasteiger partial charge < -0.3 is 10.1 Å². The lowest BCUT2D eigenvalue weighted by Crippen LogP contribution is -2.41. The minimum absolute atomic E-state index is 0.0492. The Bertz CT molecular complexity index is 540. The van der Waals surface area contributed by atoms with E-state index in [1.807, 2.05) is 33.2 Å². The van der Waals surface area contributed by atoms with E-state index < -0.39 is 10.0 Å². The van der Waals surface area contributed by atoms with E-state index in [9.17, 15) is 8.42 Å². The summed E-state index contributed by atoms with van der Waals surface area (Å²) >= 11 is 1.49. The van der Waals surface area contributed by atoms with Gasteiger partial charge in [-0.2, -0.15) is 4.31 Å². The zero-order valence-electron chi connectivity index (χ0n) is 13.5. The third kappa shape index (κ3) is 4.26. The number of methoxy groups -OCH3 is 1. The maximum Gasteiger partial charge on any atom is 0.244 e. The first kappa shape index (κ1) is 18.6. The summed E-state index contributed by atoms with van der Waals surface area (Å²) in [5.74, 6) is 0. The molecule has 21 heavy (non-hydrogen) atoms. The van der Waals surface area contributed by atoms with Crippen LogP contribution in [0.5, 0.6) is 0 Å². The first-order chi connectivity index (χ1) is 9.89.